The first-order valence-electron chi connectivity index (χ1n) is 8.27. The van der Waals surface area contributed by atoms with Crippen molar-refractivity contribution >= 4 is 33.0 Å². The number of hydrogen-bond donors (Lipinski definition) is 0. The van der Waals surface area contributed by atoms with Crippen molar-refractivity contribution in [3.8, 4) is 21.6 Å². The van der Waals surface area contributed by atoms with Gasteiger partial charge in [-0.05, 0) is 51.4 Å². The summed E-state index contributed by atoms with van der Waals surface area (Å²) in [6.07, 6.45) is 2.70. The molecule has 1 heterocycles. The van der Waals surface area contributed by atoms with Crippen molar-refractivity contribution in [3.05, 3.63) is 69.0 Å². The van der Waals surface area contributed by atoms with E-state index in [0.717, 1.165) is 24.0 Å². The standard InChI is InChI=1S/C21H15BrOS/c22-21-19-14-6-2-1-5-12(14)9-10-13-11-17(23)15-7-3-4-8-16(15)20(24-21)18(13)19/h1-8,13H,9-11H2. The van der Waals surface area contributed by atoms with E-state index in [9.17, 15) is 4.79 Å². The maximum atomic E-state index is 12.8. The number of thiophene rings is 1. The lowest BCUT2D eigenvalue weighted by atomic mass is 9.90. The molecule has 118 valence electrons. The highest BCUT2D eigenvalue weighted by molar-refractivity contribution is 9.11. The number of carbonyl (C=O) groups is 1. The van der Waals surface area contributed by atoms with Gasteiger partial charge in [-0.3, -0.25) is 4.79 Å². The molecular formula is C21H15BrOS. The molecule has 0 amide bonds. The zero-order valence-electron chi connectivity index (χ0n) is 13.0. The Morgan fingerprint density at radius 1 is 0.958 bits per heavy atom. The maximum absolute atomic E-state index is 12.8. The largest absolute Gasteiger partial charge is 0.294 e. The van der Waals surface area contributed by atoms with Crippen molar-refractivity contribution in [3.63, 3.8) is 0 Å². The summed E-state index contributed by atoms with van der Waals surface area (Å²) >= 11 is 5.61. The lowest BCUT2D eigenvalue weighted by molar-refractivity contribution is 0.0974. The second-order valence-corrected chi connectivity index (χ2v) is 8.90. The van der Waals surface area contributed by atoms with Crippen LogP contribution in [0.25, 0.3) is 21.6 Å². The average Bonchev–Trinajstić information content (AvgIpc) is 2.79. The number of carbonyl (C=O) groups excluding carboxylic acids is 1. The van der Waals surface area contributed by atoms with Gasteiger partial charge in [-0.1, -0.05) is 48.5 Å². The van der Waals surface area contributed by atoms with Crippen LogP contribution in [0.2, 0.25) is 0 Å². The van der Waals surface area contributed by atoms with Gasteiger partial charge >= 0.3 is 0 Å². The van der Waals surface area contributed by atoms with Gasteiger partial charge in [0.2, 0.25) is 0 Å². The fraction of sp³-hybridized carbons (Fsp3) is 0.190. The number of fused-ring (bicyclic) bond motifs is 4. The number of benzene rings is 2. The van der Waals surface area contributed by atoms with Gasteiger partial charge in [0.15, 0.2) is 5.78 Å². The van der Waals surface area contributed by atoms with Gasteiger partial charge in [-0.15, -0.1) is 11.3 Å². The molecule has 0 fully saturated rings. The van der Waals surface area contributed by atoms with E-state index < -0.39 is 0 Å². The first kappa shape index (κ1) is 14.6. The summed E-state index contributed by atoms with van der Waals surface area (Å²) in [7, 11) is 0. The van der Waals surface area contributed by atoms with Crippen LogP contribution in [-0.2, 0) is 6.42 Å². The maximum Gasteiger partial charge on any atom is 0.164 e. The SMILES string of the molecule is O=C1CC2CCc3ccccc3-c3c(Br)sc(c32)-c2ccccc21. The lowest BCUT2D eigenvalue weighted by Gasteiger charge is -2.13. The van der Waals surface area contributed by atoms with E-state index >= 15 is 0 Å². The van der Waals surface area contributed by atoms with Crippen molar-refractivity contribution in [1.82, 2.24) is 0 Å². The molecule has 0 bridgehead atoms. The Morgan fingerprint density at radius 3 is 2.50 bits per heavy atom. The van der Waals surface area contributed by atoms with Gasteiger partial charge < -0.3 is 0 Å². The number of Topliss-reactive ketones (excluding diaryl/α,β-unsaturated/α-hetero) is 1. The predicted molar refractivity (Wildman–Crippen MR) is 103 cm³/mol. The van der Waals surface area contributed by atoms with Gasteiger partial charge in [0.1, 0.15) is 0 Å². The lowest BCUT2D eigenvalue weighted by Crippen LogP contribution is -2.05. The Kier molecular flexibility index (Phi) is 3.29. The molecule has 1 unspecified atom stereocenters. The Balaban J connectivity index is 1.88. The molecule has 1 aromatic heterocycles. The van der Waals surface area contributed by atoms with E-state index in [1.807, 2.05) is 18.2 Å². The van der Waals surface area contributed by atoms with E-state index in [-0.39, 0.29) is 5.78 Å². The van der Waals surface area contributed by atoms with Gasteiger partial charge in [0, 0.05) is 28.0 Å². The summed E-state index contributed by atoms with van der Waals surface area (Å²) < 4.78 is 1.19. The molecule has 3 heteroatoms. The zero-order valence-corrected chi connectivity index (χ0v) is 15.4. The van der Waals surface area contributed by atoms with Crippen LogP contribution < -0.4 is 0 Å². The van der Waals surface area contributed by atoms with E-state index in [1.165, 1.54) is 30.9 Å². The van der Waals surface area contributed by atoms with Crippen LogP contribution in [0, 0.1) is 0 Å². The van der Waals surface area contributed by atoms with Crippen LogP contribution in [0.5, 0.6) is 0 Å². The van der Waals surface area contributed by atoms with Crippen molar-refractivity contribution < 1.29 is 4.79 Å². The molecule has 0 saturated carbocycles. The summed E-state index contributed by atoms with van der Waals surface area (Å²) in [6, 6.07) is 16.8. The molecule has 0 aliphatic heterocycles. The van der Waals surface area contributed by atoms with Gasteiger partial charge in [0.25, 0.3) is 0 Å². The van der Waals surface area contributed by atoms with Gasteiger partial charge in [0.05, 0.1) is 3.79 Å². The molecule has 2 aliphatic carbocycles. The fourth-order valence-electron chi connectivity index (χ4n) is 4.17. The summed E-state index contributed by atoms with van der Waals surface area (Å²) in [5, 5.41) is 0. The van der Waals surface area contributed by atoms with E-state index in [1.54, 1.807) is 11.3 Å². The first-order valence-corrected chi connectivity index (χ1v) is 9.88. The van der Waals surface area contributed by atoms with E-state index in [4.69, 9.17) is 0 Å². The zero-order chi connectivity index (χ0) is 16.3. The normalized spacial score (nSPS) is 18.2. The molecule has 0 radical (unpaired) electrons. The molecule has 2 aliphatic rings. The number of hydrogen-bond acceptors (Lipinski definition) is 2. The third kappa shape index (κ3) is 2.01. The molecule has 5 rings (SSSR count). The predicted octanol–water partition coefficient (Wildman–Crippen LogP) is 6.46. The fourth-order valence-corrected chi connectivity index (χ4v) is 6.25. The molecule has 0 spiro atoms. The molecule has 0 N–H and O–H groups in total. The smallest absolute Gasteiger partial charge is 0.164 e. The summed E-state index contributed by atoms with van der Waals surface area (Å²) in [5.74, 6) is 0.594. The molecule has 2 aromatic carbocycles. The highest BCUT2D eigenvalue weighted by Gasteiger charge is 2.34. The summed E-state index contributed by atoms with van der Waals surface area (Å²) in [6.45, 7) is 0. The Bertz CT molecular complexity index is 985. The highest BCUT2D eigenvalue weighted by Crippen LogP contribution is 2.54. The van der Waals surface area contributed by atoms with Crippen LogP contribution in [0.4, 0.5) is 0 Å². The molecule has 0 saturated heterocycles. The molecule has 24 heavy (non-hydrogen) atoms. The average molecular weight is 395 g/mol. The molecule has 1 atom stereocenters. The van der Waals surface area contributed by atoms with Crippen LogP contribution in [0.3, 0.4) is 0 Å². The van der Waals surface area contributed by atoms with Gasteiger partial charge in [-0.25, -0.2) is 0 Å². The number of rotatable bonds is 0. The Labute approximate surface area is 153 Å². The summed E-state index contributed by atoms with van der Waals surface area (Å²) in [4.78, 5) is 14.1. The topological polar surface area (TPSA) is 17.1 Å². The third-order valence-corrected chi connectivity index (χ3v) is 7.17. The van der Waals surface area contributed by atoms with Crippen LogP contribution in [-0.4, -0.2) is 5.78 Å². The van der Waals surface area contributed by atoms with Crippen LogP contribution >= 0.6 is 27.3 Å². The van der Waals surface area contributed by atoms with Crippen LogP contribution in [0.15, 0.2) is 52.3 Å². The second-order valence-electron chi connectivity index (χ2n) is 6.56. The molecule has 3 aromatic rings. The van der Waals surface area contributed by atoms with E-state index in [2.05, 4.69) is 46.3 Å². The Hall–Kier alpha value is -1.71. The minimum absolute atomic E-state index is 0.284. The number of halogens is 1. The quantitative estimate of drug-likeness (QED) is 0.427. The van der Waals surface area contributed by atoms with Crippen molar-refractivity contribution in [2.45, 2.75) is 25.2 Å². The van der Waals surface area contributed by atoms with E-state index in [0.29, 0.717) is 12.3 Å². The third-order valence-electron chi connectivity index (χ3n) is 5.26. The Morgan fingerprint density at radius 2 is 1.67 bits per heavy atom. The van der Waals surface area contributed by atoms with Crippen molar-refractivity contribution in [2.75, 3.05) is 0 Å². The summed E-state index contributed by atoms with van der Waals surface area (Å²) in [5.41, 5.74) is 7.42. The number of ketones is 1. The van der Waals surface area contributed by atoms with Gasteiger partial charge in [-0.2, -0.15) is 0 Å². The number of aryl methyl sites for hydroxylation is 1. The van der Waals surface area contributed by atoms with Crippen molar-refractivity contribution in [1.29, 1.82) is 0 Å². The second kappa shape index (κ2) is 5.40. The van der Waals surface area contributed by atoms with Crippen molar-refractivity contribution in [2.24, 2.45) is 0 Å². The molecule has 1 nitrogen and oxygen atoms in total. The minimum Gasteiger partial charge on any atom is -0.294 e. The first-order chi connectivity index (χ1) is 11.7. The highest BCUT2D eigenvalue weighted by atomic mass is 79.9. The monoisotopic (exact) mass is 394 g/mol. The van der Waals surface area contributed by atoms with Crippen LogP contribution in [0.1, 0.15) is 40.2 Å². The molecular weight excluding hydrogens is 380 g/mol. The minimum atomic E-state index is 0.284.